The number of rotatable bonds is 4. The summed E-state index contributed by atoms with van der Waals surface area (Å²) in [6.45, 7) is 6.39. The maximum absolute atomic E-state index is 12.3. The predicted octanol–water partition coefficient (Wildman–Crippen LogP) is 0.506. The number of aromatic nitrogens is 1. The fraction of sp³-hybridized carbons (Fsp3) is 0.571. The standard InChI is InChI=1S/C14H22N4O/c1-12(13-3-5-15-6-4-13)17(2)14(19)11-18-9-7-16-8-10-18/h3-6,12,16H,7-11H2,1-2H3. The molecule has 1 aliphatic rings. The molecule has 5 heteroatoms. The molecule has 1 N–H and O–H groups in total. The SMILES string of the molecule is CC(c1ccncc1)N(C)C(=O)CN1CCNCC1. The fourth-order valence-electron chi connectivity index (χ4n) is 2.25. The third kappa shape index (κ3) is 3.75. The molecular formula is C14H22N4O. The zero-order valence-corrected chi connectivity index (χ0v) is 11.7. The minimum absolute atomic E-state index is 0.0819. The smallest absolute Gasteiger partial charge is 0.236 e. The lowest BCUT2D eigenvalue weighted by atomic mass is 10.1. The fourth-order valence-corrected chi connectivity index (χ4v) is 2.25. The average molecular weight is 262 g/mol. The second-order valence-corrected chi connectivity index (χ2v) is 4.99. The van der Waals surface area contributed by atoms with E-state index in [4.69, 9.17) is 0 Å². The lowest BCUT2D eigenvalue weighted by Gasteiger charge is -2.31. The van der Waals surface area contributed by atoms with Crippen molar-refractivity contribution in [3.8, 4) is 0 Å². The maximum Gasteiger partial charge on any atom is 0.236 e. The number of carbonyl (C=O) groups excluding carboxylic acids is 1. The van der Waals surface area contributed by atoms with Crippen molar-refractivity contribution in [1.82, 2.24) is 20.1 Å². The van der Waals surface area contributed by atoms with Crippen LogP contribution in [-0.2, 0) is 4.79 Å². The Labute approximate surface area is 114 Å². The minimum atomic E-state index is 0.0819. The molecule has 1 atom stereocenters. The van der Waals surface area contributed by atoms with E-state index in [0.717, 1.165) is 31.7 Å². The number of hydrogen-bond acceptors (Lipinski definition) is 4. The van der Waals surface area contributed by atoms with Crippen molar-refractivity contribution in [2.45, 2.75) is 13.0 Å². The minimum Gasteiger partial charge on any atom is -0.338 e. The predicted molar refractivity (Wildman–Crippen MR) is 74.7 cm³/mol. The molecule has 1 amide bonds. The van der Waals surface area contributed by atoms with Gasteiger partial charge in [0.2, 0.25) is 5.91 Å². The van der Waals surface area contributed by atoms with Gasteiger partial charge in [0.1, 0.15) is 0 Å². The van der Waals surface area contributed by atoms with Crippen molar-refractivity contribution in [3.63, 3.8) is 0 Å². The Morgan fingerprint density at radius 2 is 2.05 bits per heavy atom. The van der Waals surface area contributed by atoms with Gasteiger partial charge in [0, 0.05) is 45.6 Å². The van der Waals surface area contributed by atoms with Crippen LogP contribution in [0, 0.1) is 0 Å². The number of nitrogens with one attached hydrogen (secondary N) is 1. The first-order valence-electron chi connectivity index (χ1n) is 6.77. The molecule has 0 aliphatic carbocycles. The Balaban J connectivity index is 1.91. The number of nitrogens with zero attached hydrogens (tertiary/aromatic N) is 3. The molecule has 1 aromatic rings. The number of hydrogen-bond donors (Lipinski definition) is 1. The molecule has 1 unspecified atom stereocenters. The van der Waals surface area contributed by atoms with Crippen molar-refractivity contribution in [2.24, 2.45) is 0 Å². The molecule has 0 saturated carbocycles. The van der Waals surface area contributed by atoms with Gasteiger partial charge in [-0.15, -0.1) is 0 Å². The average Bonchev–Trinajstić information content (AvgIpc) is 2.47. The zero-order valence-electron chi connectivity index (χ0n) is 11.7. The van der Waals surface area contributed by atoms with Crippen molar-refractivity contribution < 1.29 is 4.79 Å². The third-order valence-electron chi connectivity index (χ3n) is 3.73. The normalized spacial score (nSPS) is 18.0. The molecule has 2 heterocycles. The van der Waals surface area contributed by atoms with Crippen molar-refractivity contribution in [1.29, 1.82) is 0 Å². The molecule has 0 aromatic carbocycles. The summed E-state index contributed by atoms with van der Waals surface area (Å²) >= 11 is 0. The summed E-state index contributed by atoms with van der Waals surface area (Å²) in [6, 6.07) is 4.00. The van der Waals surface area contributed by atoms with E-state index in [9.17, 15) is 4.79 Å². The van der Waals surface area contributed by atoms with Crippen LogP contribution in [0.15, 0.2) is 24.5 Å². The van der Waals surface area contributed by atoms with Gasteiger partial charge in [-0.3, -0.25) is 14.7 Å². The summed E-state index contributed by atoms with van der Waals surface area (Å²) in [6.07, 6.45) is 3.53. The number of amides is 1. The monoisotopic (exact) mass is 262 g/mol. The maximum atomic E-state index is 12.3. The Kier molecular flexibility index (Phi) is 4.87. The summed E-state index contributed by atoms with van der Waals surface area (Å²) in [5.74, 6) is 0.172. The van der Waals surface area contributed by atoms with E-state index in [2.05, 4.69) is 15.2 Å². The Morgan fingerprint density at radius 1 is 1.42 bits per heavy atom. The molecule has 104 valence electrons. The van der Waals surface area contributed by atoms with Gasteiger partial charge in [0.25, 0.3) is 0 Å². The van der Waals surface area contributed by atoms with Gasteiger partial charge in [-0.25, -0.2) is 0 Å². The van der Waals surface area contributed by atoms with Crippen LogP contribution in [0.4, 0.5) is 0 Å². The molecule has 1 aliphatic heterocycles. The topological polar surface area (TPSA) is 48.5 Å². The van der Waals surface area contributed by atoms with Crippen LogP contribution in [0.1, 0.15) is 18.5 Å². The summed E-state index contributed by atoms with van der Waals surface area (Å²) in [4.78, 5) is 20.3. The van der Waals surface area contributed by atoms with Crippen LogP contribution in [-0.4, -0.2) is 60.5 Å². The van der Waals surface area contributed by atoms with Gasteiger partial charge in [-0.05, 0) is 24.6 Å². The molecular weight excluding hydrogens is 240 g/mol. The quantitative estimate of drug-likeness (QED) is 0.859. The highest BCUT2D eigenvalue weighted by Crippen LogP contribution is 2.17. The van der Waals surface area contributed by atoms with Crippen LogP contribution >= 0.6 is 0 Å². The van der Waals surface area contributed by atoms with E-state index >= 15 is 0 Å². The number of pyridine rings is 1. The summed E-state index contributed by atoms with van der Waals surface area (Å²) in [5, 5.41) is 3.29. The van der Waals surface area contributed by atoms with Gasteiger partial charge in [-0.1, -0.05) is 0 Å². The first-order chi connectivity index (χ1) is 9.18. The van der Waals surface area contributed by atoms with E-state index in [-0.39, 0.29) is 11.9 Å². The highest BCUT2D eigenvalue weighted by molar-refractivity contribution is 5.78. The molecule has 0 spiro atoms. The van der Waals surface area contributed by atoms with Gasteiger partial charge < -0.3 is 10.2 Å². The first-order valence-corrected chi connectivity index (χ1v) is 6.77. The van der Waals surface area contributed by atoms with Crippen LogP contribution in [0.2, 0.25) is 0 Å². The van der Waals surface area contributed by atoms with Crippen LogP contribution in [0.3, 0.4) is 0 Å². The van der Waals surface area contributed by atoms with E-state index in [1.54, 1.807) is 12.4 Å². The molecule has 2 rings (SSSR count). The van der Waals surface area contributed by atoms with Crippen LogP contribution in [0.25, 0.3) is 0 Å². The second kappa shape index (κ2) is 6.63. The highest BCUT2D eigenvalue weighted by atomic mass is 16.2. The molecule has 0 bridgehead atoms. The Bertz CT molecular complexity index is 403. The van der Waals surface area contributed by atoms with Crippen molar-refractivity contribution >= 4 is 5.91 Å². The van der Waals surface area contributed by atoms with E-state index in [1.165, 1.54) is 0 Å². The molecule has 19 heavy (non-hydrogen) atoms. The Morgan fingerprint density at radius 3 is 2.68 bits per heavy atom. The second-order valence-electron chi connectivity index (χ2n) is 4.99. The number of piperazine rings is 1. The Hall–Kier alpha value is -1.46. The van der Waals surface area contributed by atoms with Gasteiger partial charge in [0.05, 0.1) is 12.6 Å². The highest BCUT2D eigenvalue weighted by Gasteiger charge is 2.20. The van der Waals surface area contributed by atoms with E-state index < -0.39 is 0 Å². The van der Waals surface area contributed by atoms with Crippen LogP contribution < -0.4 is 5.32 Å². The third-order valence-corrected chi connectivity index (χ3v) is 3.73. The van der Waals surface area contributed by atoms with Gasteiger partial charge >= 0.3 is 0 Å². The van der Waals surface area contributed by atoms with Crippen molar-refractivity contribution in [3.05, 3.63) is 30.1 Å². The largest absolute Gasteiger partial charge is 0.338 e. The van der Waals surface area contributed by atoms with Crippen molar-refractivity contribution in [2.75, 3.05) is 39.8 Å². The molecule has 5 nitrogen and oxygen atoms in total. The number of likely N-dealkylation sites (N-methyl/N-ethyl adjacent to an activating group) is 1. The summed E-state index contributed by atoms with van der Waals surface area (Å²) in [5.41, 5.74) is 1.12. The lowest BCUT2D eigenvalue weighted by molar-refractivity contribution is -0.133. The summed E-state index contributed by atoms with van der Waals surface area (Å²) < 4.78 is 0. The molecule has 0 radical (unpaired) electrons. The summed E-state index contributed by atoms with van der Waals surface area (Å²) in [7, 11) is 1.87. The number of carbonyl (C=O) groups is 1. The molecule has 1 saturated heterocycles. The van der Waals surface area contributed by atoms with E-state index in [1.807, 2.05) is 31.0 Å². The molecule has 1 aromatic heterocycles. The lowest BCUT2D eigenvalue weighted by Crippen LogP contribution is -2.48. The first kappa shape index (κ1) is 14.0. The van der Waals surface area contributed by atoms with Gasteiger partial charge in [-0.2, -0.15) is 0 Å². The van der Waals surface area contributed by atoms with Gasteiger partial charge in [0.15, 0.2) is 0 Å². The van der Waals surface area contributed by atoms with Crippen LogP contribution in [0.5, 0.6) is 0 Å². The molecule has 1 fully saturated rings. The zero-order chi connectivity index (χ0) is 13.7. The van der Waals surface area contributed by atoms with E-state index in [0.29, 0.717) is 6.54 Å².